The Morgan fingerprint density at radius 2 is 1.86 bits per heavy atom. The molecule has 1 aromatic rings. The van der Waals surface area contributed by atoms with Crippen LogP contribution in [-0.2, 0) is 0 Å². The molecule has 2 bridgehead atoms. The summed E-state index contributed by atoms with van der Waals surface area (Å²) in [7, 11) is 0. The van der Waals surface area contributed by atoms with Gasteiger partial charge in [-0.2, -0.15) is 0 Å². The van der Waals surface area contributed by atoms with Gasteiger partial charge in [0, 0.05) is 23.7 Å². The van der Waals surface area contributed by atoms with Gasteiger partial charge in [0.2, 0.25) is 0 Å². The van der Waals surface area contributed by atoms with E-state index in [1.165, 1.54) is 38.6 Å². The Balaban J connectivity index is 1.60. The molecule has 3 rings (SSSR count). The van der Waals surface area contributed by atoms with E-state index < -0.39 is 0 Å². The summed E-state index contributed by atoms with van der Waals surface area (Å²) in [4.78, 5) is 15.1. The summed E-state index contributed by atoms with van der Waals surface area (Å²) in [6, 6.07) is 11.3. The van der Waals surface area contributed by atoms with Crippen molar-refractivity contribution in [3.8, 4) is 0 Å². The van der Waals surface area contributed by atoms with Crippen molar-refractivity contribution in [1.82, 2.24) is 10.2 Å². The van der Waals surface area contributed by atoms with Gasteiger partial charge >= 0.3 is 0 Å². The molecule has 120 valence electrons. The van der Waals surface area contributed by atoms with Crippen LogP contribution in [0.5, 0.6) is 0 Å². The van der Waals surface area contributed by atoms with E-state index in [1.807, 2.05) is 30.3 Å². The van der Waals surface area contributed by atoms with Gasteiger partial charge in [-0.3, -0.25) is 9.69 Å². The molecule has 0 spiro atoms. The third-order valence-corrected chi connectivity index (χ3v) is 5.27. The Morgan fingerprint density at radius 3 is 2.50 bits per heavy atom. The number of nitrogens with one attached hydrogen (secondary N) is 1. The SMILES string of the molecule is CCCCN1[C@@H]2CCC[C@H]1CC(NC(=O)c1ccccc1)C2. The highest BCUT2D eigenvalue weighted by Gasteiger charge is 2.38. The lowest BCUT2D eigenvalue weighted by molar-refractivity contribution is 0.0234. The maximum atomic E-state index is 12.4. The Morgan fingerprint density at radius 1 is 1.18 bits per heavy atom. The Bertz CT molecular complexity index is 473. The van der Waals surface area contributed by atoms with E-state index in [1.54, 1.807) is 0 Å². The summed E-state index contributed by atoms with van der Waals surface area (Å²) < 4.78 is 0. The van der Waals surface area contributed by atoms with E-state index in [-0.39, 0.29) is 5.91 Å². The number of hydrogen-bond donors (Lipinski definition) is 1. The topological polar surface area (TPSA) is 32.3 Å². The molecule has 3 nitrogen and oxygen atoms in total. The predicted octanol–water partition coefficient (Wildman–Crippen LogP) is 3.60. The second-order valence-corrected chi connectivity index (χ2v) is 6.84. The molecule has 2 aliphatic heterocycles. The maximum Gasteiger partial charge on any atom is 0.251 e. The molecule has 1 N–H and O–H groups in total. The third-order valence-electron chi connectivity index (χ3n) is 5.27. The van der Waals surface area contributed by atoms with Crippen LogP contribution in [0.15, 0.2) is 30.3 Å². The minimum Gasteiger partial charge on any atom is -0.349 e. The average molecular weight is 300 g/mol. The Kier molecular flexibility index (Phi) is 5.14. The highest BCUT2D eigenvalue weighted by molar-refractivity contribution is 5.94. The number of nitrogens with zero attached hydrogens (tertiary/aromatic N) is 1. The molecule has 2 heterocycles. The smallest absolute Gasteiger partial charge is 0.251 e. The van der Waals surface area contributed by atoms with Crippen molar-refractivity contribution >= 4 is 5.91 Å². The van der Waals surface area contributed by atoms with Gasteiger partial charge in [0.25, 0.3) is 5.91 Å². The van der Waals surface area contributed by atoms with Gasteiger partial charge in [0.15, 0.2) is 0 Å². The molecule has 2 fully saturated rings. The first-order chi connectivity index (χ1) is 10.8. The molecule has 0 radical (unpaired) electrons. The summed E-state index contributed by atoms with van der Waals surface area (Å²) in [5.41, 5.74) is 0.779. The highest BCUT2D eigenvalue weighted by atomic mass is 16.1. The van der Waals surface area contributed by atoms with E-state index in [2.05, 4.69) is 17.1 Å². The largest absolute Gasteiger partial charge is 0.349 e. The first-order valence-electron chi connectivity index (χ1n) is 8.89. The molecule has 0 aromatic heterocycles. The standard InChI is InChI=1S/C19H28N2O/c1-2-3-12-21-17-10-7-11-18(21)14-16(13-17)20-19(22)15-8-5-4-6-9-15/h4-6,8-9,16-18H,2-3,7,10-14H2,1H3,(H,20,22)/t16?,17-,18+. The molecular formula is C19H28N2O. The number of carbonyl (C=O) groups excluding carboxylic acids is 1. The zero-order chi connectivity index (χ0) is 15.4. The number of carbonyl (C=O) groups is 1. The first-order valence-corrected chi connectivity index (χ1v) is 8.89. The molecule has 1 unspecified atom stereocenters. The number of fused-ring (bicyclic) bond motifs is 2. The zero-order valence-electron chi connectivity index (χ0n) is 13.6. The van der Waals surface area contributed by atoms with Gasteiger partial charge < -0.3 is 5.32 Å². The fourth-order valence-electron chi connectivity index (χ4n) is 4.16. The van der Waals surface area contributed by atoms with Crippen LogP contribution < -0.4 is 5.32 Å². The van der Waals surface area contributed by atoms with Crippen LogP contribution in [0, 0.1) is 0 Å². The van der Waals surface area contributed by atoms with Crippen molar-refractivity contribution in [3.05, 3.63) is 35.9 Å². The molecule has 2 aliphatic rings. The van der Waals surface area contributed by atoms with Gasteiger partial charge in [0.1, 0.15) is 0 Å². The number of unbranched alkanes of at least 4 members (excludes halogenated alkanes) is 1. The molecule has 22 heavy (non-hydrogen) atoms. The fraction of sp³-hybridized carbons (Fsp3) is 0.632. The fourth-order valence-corrected chi connectivity index (χ4v) is 4.16. The Labute approximate surface area is 134 Å². The normalized spacial score (nSPS) is 28.3. The molecule has 0 aliphatic carbocycles. The predicted molar refractivity (Wildman–Crippen MR) is 90.0 cm³/mol. The van der Waals surface area contributed by atoms with Crippen LogP contribution in [0.4, 0.5) is 0 Å². The second kappa shape index (κ2) is 7.28. The number of benzene rings is 1. The van der Waals surface area contributed by atoms with Crippen LogP contribution >= 0.6 is 0 Å². The highest BCUT2D eigenvalue weighted by Crippen LogP contribution is 2.34. The third kappa shape index (κ3) is 3.52. The van der Waals surface area contributed by atoms with Crippen molar-refractivity contribution < 1.29 is 4.79 Å². The van der Waals surface area contributed by atoms with Crippen molar-refractivity contribution in [2.24, 2.45) is 0 Å². The number of rotatable bonds is 5. The van der Waals surface area contributed by atoms with Crippen LogP contribution in [0.1, 0.15) is 62.2 Å². The minimum atomic E-state index is 0.0886. The van der Waals surface area contributed by atoms with Crippen molar-refractivity contribution in [2.75, 3.05) is 6.54 Å². The molecular weight excluding hydrogens is 272 g/mol. The van der Waals surface area contributed by atoms with Gasteiger partial charge in [-0.05, 0) is 50.8 Å². The minimum absolute atomic E-state index is 0.0886. The lowest BCUT2D eigenvalue weighted by atomic mass is 9.81. The molecule has 1 amide bonds. The molecule has 3 heteroatoms. The van der Waals surface area contributed by atoms with Crippen LogP contribution in [0.3, 0.4) is 0 Å². The summed E-state index contributed by atoms with van der Waals surface area (Å²) >= 11 is 0. The lowest BCUT2D eigenvalue weighted by Gasteiger charge is -2.49. The van der Waals surface area contributed by atoms with E-state index in [0.29, 0.717) is 18.1 Å². The van der Waals surface area contributed by atoms with E-state index >= 15 is 0 Å². The lowest BCUT2D eigenvalue weighted by Crippen LogP contribution is -2.57. The van der Waals surface area contributed by atoms with Gasteiger partial charge in [-0.1, -0.05) is 38.0 Å². The van der Waals surface area contributed by atoms with Gasteiger partial charge in [-0.15, -0.1) is 0 Å². The number of amides is 1. The number of hydrogen-bond acceptors (Lipinski definition) is 2. The quantitative estimate of drug-likeness (QED) is 0.901. The summed E-state index contributed by atoms with van der Waals surface area (Å²) in [6.45, 7) is 3.51. The monoisotopic (exact) mass is 300 g/mol. The van der Waals surface area contributed by atoms with E-state index in [9.17, 15) is 4.79 Å². The van der Waals surface area contributed by atoms with Crippen LogP contribution in [-0.4, -0.2) is 35.5 Å². The van der Waals surface area contributed by atoms with E-state index in [4.69, 9.17) is 0 Å². The first kappa shape index (κ1) is 15.5. The van der Waals surface area contributed by atoms with Crippen molar-refractivity contribution in [3.63, 3.8) is 0 Å². The molecule has 0 saturated carbocycles. The second-order valence-electron chi connectivity index (χ2n) is 6.84. The van der Waals surface area contributed by atoms with Crippen LogP contribution in [0.2, 0.25) is 0 Å². The number of piperidine rings is 2. The van der Waals surface area contributed by atoms with E-state index in [0.717, 1.165) is 18.4 Å². The summed E-state index contributed by atoms with van der Waals surface area (Å²) in [5.74, 6) is 0.0886. The van der Waals surface area contributed by atoms with Crippen molar-refractivity contribution in [2.45, 2.75) is 70.0 Å². The van der Waals surface area contributed by atoms with Gasteiger partial charge in [-0.25, -0.2) is 0 Å². The zero-order valence-corrected chi connectivity index (χ0v) is 13.6. The summed E-state index contributed by atoms with van der Waals surface area (Å²) in [5, 5.41) is 3.27. The maximum absolute atomic E-state index is 12.4. The van der Waals surface area contributed by atoms with Crippen LogP contribution in [0.25, 0.3) is 0 Å². The van der Waals surface area contributed by atoms with Gasteiger partial charge in [0.05, 0.1) is 0 Å². The molecule has 2 saturated heterocycles. The molecule has 1 aromatic carbocycles. The van der Waals surface area contributed by atoms with Crippen molar-refractivity contribution in [1.29, 1.82) is 0 Å². The summed E-state index contributed by atoms with van der Waals surface area (Å²) in [6.07, 6.45) is 8.78. The molecule has 3 atom stereocenters. The average Bonchev–Trinajstić information content (AvgIpc) is 2.53. The Hall–Kier alpha value is -1.35.